The third-order valence-corrected chi connectivity index (χ3v) is 3.66. The molecule has 1 fully saturated rings. The van der Waals surface area contributed by atoms with E-state index in [0.717, 1.165) is 31.2 Å². The van der Waals surface area contributed by atoms with Crippen molar-refractivity contribution in [3.05, 3.63) is 29.1 Å². The first kappa shape index (κ1) is 12.8. The van der Waals surface area contributed by atoms with Gasteiger partial charge in [-0.15, -0.1) is 0 Å². The molecule has 0 N–H and O–H groups in total. The van der Waals surface area contributed by atoms with Crippen LogP contribution in [0.2, 0.25) is 0 Å². The van der Waals surface area contributed by atoms with E-state index in [0.29, 0.717) is 5.56 Å². The van der Waals surface area contributed by atoms with E-state index in [-0.39, 0.29) is 11.6 Å². The van der Waals surface area contributed by atoms with Gasteiger partial charge < -0.3 is 4.74 Å². The van der Waals surface area contributed by atoms with Crippen LogP contribution < -0.4 is 4.74 Å². The van der Waals surface area contributed by atoms with E-state index in [1.54, 1.807) is 6.08 Å². The van der Waals surface area contributed by atoms with Gasteiger partial charge in [0.2, 0.25) is 6.08 Å². The van der Waals surface area contributed by atoms with Crippen LogP contribution in [0.4, 0.5) is 4.39 Å². The highest BCUT2D eigenvalue weighted by Gasteiger charge is 2.42. The van der Waals surface area contributed by atoms with Gasteiger partial charge in [-0.1, -0.05) is 6.92 Å². The summed E-state index contributed by atoms with van der Waals surface area (Å²) in [5.74, 6) is -0.190. The minimum Gasteiger partial charge on any atom is -0.493 e. The SMILES string of the molecule is CCc1cc(F)c(OC)c(C2(N=C=O)CCC2)c1. The van der Waals surface area contributed by atoms with Crippen molar-refractivity contribution in [3.8, 4) is 5.75 Å². The Morgan fingerprint density at radius 3 is 2.67 bits per heavy atom. The van der Waals surface area contributed by atoms with Gasteiger partial charge in [0, 0.05) is 5.56 Å². The highest BCUT2D eigenvalue weighted by atomic mass is 19.1. The predicted octanol–water partition coefficient (Wildman–Crippen LogP) is 3.11. The third kappa shape index (κ3) is 1.93. The van der Waals surface area contributed by atoms with Crippen LogP contribution >= 0.6 is 0 Å². The molecule has 18 heavy (non-hydrogen) atoms. The quantitative estimate of drug-likeness (QED) is 0.607. The second kappa shape index (κ2) is 4.91. The molecule has 1 aliphatic rings. The first-order chi connectivity index (χ1) is 8.66. The van der Waals surface area contributed by atoms with Gasteiger partial charge in [0.05, 0.1) is 7.11 Å². The smallest absolute Gasteiger partial charge is 0.235 e. The second-order valence-electron chi connectivity index (χ2n) is 4.60. The van der Waals surface area contributed by atoms with E-state index in [9.17, 15) is 9.18 Å². The lowest BCUT2D eigenvalue weighted by Crippen LogP contribution is -2.32. The minimum absolute atomic E-state index is 0.200. The summed E-state index contributed by atoms with van der Waals surface area (Å²) in [6.45, 7) is 1.96. The normalized spacial score (nSPS) is 16.6. The minimum atomic E-state index is -0.626. The fourth-order valence-corrected chi connectivity index (χ4v) is 2.45. The zero-order valence-corrected chi connectivity index (χ0v) is 10.6. The number of rotatable bonds is 4. The molecule has 0 unspecified atom stereocenters. The van der Waals surface area contributed by atoms with Gasteiger partial charge in [0.1, 0.15) is 5.54 Å². The summed E-state index contributed by atoms with van der Waals surface area (Å²) < 4.78 is 19.1. The Hall–Kier alpha value is -1.67. The van der Waals surface area contributed by atoms with E-state index >= 15 is 0 Å². The highest BCUT2D eigenvalue weighted by Crippen LogP contribution is 2.48. The molecule has 0 saturated heterocycles. The Balaban J connectivity index is 2.60. The van der Waals surface area contributed by atoms with E-state index in [1.165, 1.54) is 13.2 Å². The summed E-state index contributed by atoms with van der Waals surface area (Å²) in [4.78, 5) is 14.5. The fraction of sp³-hybridized carbons (Fsp3) is 0.500. The Labute approximate surface area is 106 Å². The largest absolute Gasteiger partial charge is 0.493 e. The van der Waals surface area contributed by atoms with Crippen molar-refractivity contribution in [2.24, 2.45) is 4.99 Å². The van der Waals surface area contributed by atoms with E-state index in [2.05, 4.69) is 4.99 Å². The summed E-state index contributed by atoms with van der Waals surface area (Å²) in [7, 11) is 1.44. The van der Waals surface area contributed by atoms with Crippen LogP contribution in [0.25, 0.3) is 0 Å². The van der Waals surface area contributed by atoms with Crippen molar-refractivity contribution in [1.29, 1.82) is 0 Å². The van der Waals surface area contributed by atoms with Crippen molar-refractivity contribution < 1.29 is 13.9 Å². The van der Waals surface area contributed by atoms with Crippen molar-refractivity contribution in [2.45, 2.75) is 38.1 Å². The maximum absolute atomic E-state index is 14.0. The first-order valence-corrected chi connectivity index (χ1v) is 6.13. The number of aryl methyl sites for hydroxylation is 1. The van der Waals surface area contributed by atoms with Crippen molar-refractivity contribution in [1.82, 2.24) is 0 Å². The molecule has 0 aromatic heterocycles. The third-order valence-electron chi connectivity index (χ3n) is 3.66. The Bertz CT molecular complexity index is 503. The number of carbonyl (C=O) groups excluding carboxylic acids is 1. The molecular weight excluding hydrogens is 233 g/mol. The van der Waals surface area contributed by atoms with E-state index < -0.39 is 5.54 Å². The summed E-state index contributed by atoms with van der Waals surface area (Å²) >= 11 is 0. The second-order valence-corrected chi connectivity index (χ2v) is 4.60. The molecule has 2 rings (SSSR count). The lowest BCUT2D eigenvalue weighted by Gasteiger charge is -2.38. The van der Waals surface area contributed by atoms with Crippen LogP contribution in [-0.2, 0) is 16.8 Å². The number of halogens is 1. The van der Waals surface area contributed by atoms with Gasteiger partial charge >= 0.3 is 0 Å². The van der Waals surface area contributed by atoms with Crippen LogP contribution in [0.15, 0.2) is 17.1 Å². The van der Waals surface area contributed by atoms with Crippen molar-refractivity contribution in [2.75, 3.05) is 7.11 Å². The molecule has 0 radical (unpaired) electrons. The van der Waals surface area contributed by atoms with Gasteiger partial charge in [0.15, 0.2) is 11.6 Å². The van der Waals surface area contributed by atoms with E-state index in [1.807, 2.05) is 13.0 Å². The number of benzene rings is 1. The highest BCUT2D eigenvalue weighted by molar-refractivity contribution is 5.48. The maximum Gasteiger partial charge on any atom is 0.235 e. The molecule has 1 aromatic carbocycles. The summed E-state index contributed by atoms with van der Waals surface area (Å²) in [5, 5.41) is 0. The Kier molecular flexibility index (Phi) is 3.48. The molecule has 1 aromatic rings. The molecule has 0 spiro atoms. The molecule has 0 atom stereocenters. The van der Waals surface area contributed by atoms with Gasteiger partial charge in [0.25, 0.3) is 0 Å². The summed E-state index contributed by atoms with van der Waals surface area (Å²) in [6.07, 6.45) is 4.81. The van der Waals surface area contributed by atoms with Crippen LogP contribution in [0.3, 0.4) is 0 Å². The predicted molar refractivity (Wildman–Crippen MR) is 66.0 cm³/mol. The molecule has 0 amide bonds. The molecule has 96 valence electrons. The molecule has 1 aliphatic carbocycles. The van der Waals surface area contributed by atoms with Gasteiger partial charge in [-0.2, -0.15) is 4.99 Å². The average molecular weight is 249 g/mol. The number of hydrogen-bond acceptors (Lipinski definition) is 3. The molecule has 1 saturated carbocycles. The zero-order chi connectivity index (χ0) is 13.2. The van der Waals surface area contributed by atoms with Crippen LogP contribution in [0.5, 0.6) is 5.75 Å². The maximum atomic E-state index is 14.0. The number of hydrogen-bond donors (Lipinski definition) is 0. The molecule has 3 nitrogen and oxygen atoms in total. The van der Waals surface area contributed by atoms with Crippen molar-refractivity contribution >= 4 is 6.08 Å². The molecule has 0 heterocycles. The molecular formula is C14H16FNO2. The van der Waals surface area contributed by atoms with Crippen molar-refractivity contribution in [3.63, 3.8) is 0 Å². The van der Waals surface area contributed by atoms with E-state index in [4.69, 9.17) is 4.74 Å². The molecule has 4 heteroatoms. The van der Waals surface area contributed by atoms with Crippen LogP contribution in [-0.4, -0.2) is 13.2 Å². The number of nitrogens with zero attached hydrogens (tertiary/aromatic N) is 1. The zero-order valence-electron chi connectivity index (χ0n) is 10.6. The molecule has 0 aliphatic heterocycles. The summed E-state index contributed by atoms with van der Waals surface area (Å²) in [5.41, 5.74) is 0.936. The summed E-state index contributed by atoms with van der Waals surface area (Å²) in [6, 6.07) is 3.36. The standard InChI is InChI=1S/C14H16FNO2/c1-3-10-7-11(13(18-2)12(15)8-10)14(16-9-17)5-4-6-14/h7-8H,3-6H2,1-2H3. The lowest BCUT2D eigenvalue weighted by atomic mass is 9.71. The van der Waals surface area contributed by atoms with Gasteiger partial charge in [-0.25, -0.2) is 9.18 Å². The number of methoxy groups -OCH3 is 1. The number of ether oxygens (including phenoxy) is 1. The average Bonchev–Trinajstić information content (AvgIpc) is 2.32. The van der Waals surface area contributed by atoms with Gasteiger partial charge in [-0.3, -0.25) is 0 Å². The Morgan fingerprint density at radius 2 is 2.22 bits per heavy atom. The van der Waals surface area contributed by atoms with Crippen LogP contribution in [0.1, 0.15) is 37.3 Å². The Morgan fingerprint density at radius 1 is 1.50 bits per heavy atom. The van der Waals surface area contributed by atoms with Gasteiger partial charge in [-0.05, 0) is 43.4 Å². The monoisotopic (exact) mass is 249 g/mol. The topological polar surface area (TPSA) is 38.7 Å². The fourth-order valence-electron chi connectivity index (χ4n) is 2.45. The number of aliphatic imine (C=N–C) groups is 1. The van der Waals surface area contributed by atoms with Crippen LogP contribution in [0, 0.1) is 5.82 Å². The first-order valence-electron chi connectivity index (χ1n) is 6.13. The molecule has 0 bridgehead atoms. The lowest BCUT2D eigenvalue weighted by molar-refractivity contribution is 0.243. The number of isocyanates is 1.